The molecule has 1 fully saturated rings. The van der Waals surface area contributed by atoms with Crippen LogP contribution in [0.3, 0.4) is 0 Å². The minimum atomic E-state index is 0. The lowest BCUT2D eigenvalue weighted by molar-refractivity contribution is -0.127. The Morgan fingerprint density at radius 2 is 2.16 bits per heavy atom. The van der Waals surface area contributed by atoms with Gasteiger partial charge in [0.2, 0.25) is 5.91 Å². The Balaban J connectivity index is 0.00000180. The van der Waals surface area contributed by atoms with Crippen molar-refractivity contribution in [2.75, 3.05) is 26.0 Å². The lowest BCUT2D eigenvalue weighted by Gasteiger charge is -2.15. The number of thioether (sulfide) groups is 1. The molecule has 0 radical (unpaired) electrons. The number of hydrogen-bond acceptors (Lipinski definition) is 4. The maximum Gasteiger partial charge on any atom is 0.232 e. The number of rotatable bonds is 4. The van der Waals surface area contributed by atoms with Gasteiger partial charge in [0.15, 0.2) is 0 Å². The van der Waals surface area contributed by atoms with Gasteiger partial charge in [-0.15, -0.1) is 24.2 Å². The second-order valence-corrected chi connectivity index (χ2v) is 5.40. The summed E-state index contributed by atoms with van der Waals surface area (Å²) in [5.74, 6) is 1.47. The molecule has 1 saturated heterocycles. The van der Waals surface area contributed by atoms with Crippen molar-refractivity contribution in [2.45, 2.75) is 17.4 Å². The summed E-state index contributed by atoms with van der Waals surface area (Å²) in [6.45, 7) is 1.49. The zero-order chi connectivity index (χ0) is 13.0. The average molecular weight is 303 g/mol. The van der Waals surface area contributed by atoms with Gasteiger partial charge < -0.3 is 15.4 Å². The van der Waals surface area contributed by atoms with Gasteiger partial charge in [0.25, 0.3) is 0 Å². The van der Waals surface area contributed by atoms with E-state index < -0.39 is 0 Å². The molecule has 1 heterocycles. The molecule has 0 bridgehead atoms. The quantitative estimate of drug-likeness (QED) is 0.861. The number of likely N-dealkylation sites (tertiary alicyclic amines) is 1. The van der Waals surface area contributed by atoms with E-state index in [0.29, 0.717) is 12.3 Å². The number of ether oxygens (including phenoxy) is 1. The second-order valence-electron chi connectivity index (χ2n) is 4.35. The molecule has 1 aromatic rings. The molecule has 0 saturated carbocycles. The fraction of sp³-hybridized carbons (Fsp3) is 0.462. The summed E-state index contributed by atoms with van der Waals surface area (Å²) < 4.78 is 5.09. The molecule has 0 aromatic heterocycles. The summed E-state index contributed by atoms with van der Waals surface area (Å²) in [4.78, 5) is 14.8. The van der Waals surface area contributed by atoms with Crippen LogP contribution in [0.25, 0.3) is 0 Å². The van der Waals surface area contributed by atoms with E-state index >= 15 is 0 Å². The SMILES string of the molecule is COc1ccc(SCC(=O)N2CC[C@@H](N)C2)cc1.Cl. The van der Waals surface area contributed by atoms with Gasteiger partial charge in [-0.1, -0.05) is 0 Å². The van der Waals surface area contributed by atoms with Crippen LogP contribution in [0.5, 0.6) is 5.75 Å². The largest absolute Gasteiger partial charge is 0.497 e. The maximum absolute atomic E-state index is 11.9. The van der Waals surface area contributed by atoms with Crippen LogP contribution in [-0.2, 0) is 4.79 Å². The molecule has 19 heavy (non-hydrogen) atoms. The zero-order valence-electron chi connectivity index (χ0n) is 10.9. The van der Waals surface area contributed by atoms with Gasteiger partial charge in [0, 0.05) is 24.0 Å². The molecule has 1 aliphatic heterocycles. The predicted molar refractivity (Wildman–Crippen MR) is 80.1 cm³/mol. The van der Waals surface area contributed by atoms with Gasteiger partial charge in [0.05, 0.1) is 12.9 Å². The van der Waals surface area contributed by atoms with Crippen molar-refractivity contribution in [3.8, 4) is 5.75 Å². The summed E-state index contributed by atoms with van der Waals surface area (Å²) in [6.07, 6.45) is 0.916. The van der Waals surface area contributed by atoms with Crippen molar-refractivity contribution in [2.24, 2.45) is 5.73 Å². The molecule has 4 nitrogen and oxygen atoms in total. The van der Waals surface area contributed by atoms with E-state index in [1.165, 1.54) is 0 Å². The highest BCUT2D eigenvalue weighted by Crippen LogP contribution is 2.22. The average Bonchev–Trinajstić information content (AvgIpc) is 2.83. The number of hydrogen-bond donors (Lipinski definition) is 1. The van der Waals surface area contributed by atoms with E-state index in [1.807, 2.05) is 29.2 Å². The summed E-state index contributed by atoms with van der Waals surface area (Å²) in [5.41, 5.74) is 5.79. The summed E-state index contributed by atoms with van der Waals surface area (Å²) in [6, 6.07) is 7.89. The Bertz CT molecular complexity index is 414. The van der Waals surface area contributed by atoms with Crippen molar-refractivity contribution in [1.82, 2.24) is 4.90 Å². The van der Waals surface area contributed by atoms with Crippen LogP contribution in [-0.4, -0.2) is 42.8 Å². The molecule has 2 rings (SSSR count). The molecule has 2 N–H and O–H groups in total. The third-order valence-corrected chi connectivity index (χ3v) is 4.00. The topological polar surface area (TPSA) is 55.6 Å². The van der Waals surface area contributed by atoms with Crippen LogP contribution in [0.1, 0.15) is 6.42 Å². The first kappa shape index (κ1) is 16.1. The molecule has 0 unspecified atom stereocenters. The Labute approximate surface area is 124 Å². The molecular formula is C13H19ClN2O2S. The lowest BCUT2D eigenvalue weighted by atomic mass is 10.3. The Morgan fingerprint density at radius 1 is 1.47 bits per heavy atom. The van der Waals surface area contributed by atoms with E-state index in [2.05, 4.69) is 0 Å². The first-order valence-electron chi connectivity index (χ1n) is 5.99. The molecule has 1 amide bonds. The molecule has 0 aliphatic carbocycles. The van der Waals surface area contributed by atoms with Crippen molar-refractivity contribution in [3.63, 3.8) is 0 Å². The molecule has 1 atom stereocenters. The number of carbonyl (C=O) groups is 1. The van der Waals surface area contributed by atoms with Gasteiger partial charge in [-0.3, -0.25) is 4.79 Å². The van der Waals surface area contributed by atoms with E-state index in [4.69, 9.17) is 10.5 Å². The number of methoxy groups -OCH3 is 1. The van der Waals surface area contributed by atoms with Crippen molar-refractivity contribution in [3.05, 3.63) is 24.3 Å². The summed E-state index contributed by atoms with van der Waals surface area (Å²) in [7, 11) is 1.64. The fourth-order valence-corrected chi connectivity index (χ4v) is 2.72. The number of halogens is 1. The van der Waals surface area contributed by atoms with Crippen LogP contribution in [0.4, 0.5) is 0 Å². The molecule has 1 aromatic carbocycles. The lowest BCUT2D eigenvalue weighted by Crippen LogP contribution is -2.33. The number of amides is 1. The van der Waals surface area contributed by atoms with Crippen molar-refractivity contribution in [1.29, 1.82) is 0 Å². The molecule has 6 heteroatoms. The zero-order valence-corrected chi connectivity index (χ0v) is 12.5. The van der Waals surface area contributed by atoms with Crippen LogP contribution in [0, 0.1) is 0 Å². The highest BCUT2D eigenvalue weighted by atomic mass is 35.5. The van der Waals surface area contributed by atoms with E-state index in [0.717, 1.165) is 23.6 Å². The minimum Gasteiger partial charge on any atom is -0.497 e. The highest BCUT2D eigenvalue weighted by Gasteiger charge is 2.23. The minimum absolute atomic E-state index is 0. The standard InChI is InChI=1S/C13H18N2O2S.ClH/c1-17-11-2-4-12(5-3-11)18-9-13(16)15-7-6-10(14)8-15;/h2-5,10H,6-9,14H2,1H3;1H/t10-;/m1./s1. The predicted octanol–water partition coefficient (Wildman–Crippen LogP) is 1.77. The Hall–Kier alpha value is -0.910. The number of carbonyl (C=O) groups excluding carboxylic acids is 1. The third-order valence-electron chi connectivity index (χ3n) is 3.00. The van der Waals surface area contributed by atoms with Gasteiger partial charge in [-0.05, 0) is 30.7 Å². The maximum atomic E-state index is 11.9. The molecular weight excluding hydrogens is 284 g/mol. The van der Waals surface area contributed by atoms with Crippen LogP contribution in [0.15, 0.2) is 29.2 Å². The molecule has 1 aliphatic rings. The van der Waals surface area contributed by atoms with Gasteiger partial charge in [-0.2, -0.15) is 0 Å². The third kappa shape index (κ3) is 4.60. The Kier molecular flexibility index (Phi) is 6.48. The highest BCUT2D eigenvalue weighted by molar-refractivity contribution is 8.00. The first-order chi connectivity index (χ1) is 8.69. The summed E-state index contributed by atoms with van der Waals surface area (Å²) >= 11 is 1.55. The number of nitrogens with zero attached hydrogens (tertiary/aromatic N) is 1. The van der Waals surface area contributed by atoms with Crippen LogP contribution >= 0.6 is 24.2 Å². The fourth-order valence-electron chi connectivity index (χ4n) is 1.92. The Morgan fingerprint density at radius 3 is 2.68 bits per heavy atom. The second kappa shape index (κ2) is 7.62. The van der Waals surface area contributed by atoms with E-state index in [9.17, 15) is 4.79 Å². The number of benzene rings is 1. The van der Waals surface area contributed by atoms with Crippen LogP contribution in [0.2, 0.25) is 0 Å². The van der Waals surface area contributed by atoms with Crippen LogP contribution < -0.4 is 10.5 Å². The van der Waals surface area contributed by atoms with Gasteiger partial charge in [-0.25, -0.2) is 0 Å². The van der Waals surface area contributed by atoms with Crippen molar-refractivity contribution >= 4 is 30.1 Å². The first-order valence-corrected chi connectivity index (χ1v) is 6.98. The number of nitrogens with two attached hydrogens (primary N) is 1. The van der Waals surface area contributed by atoms with Gasteiger partial charge in [0.1, 0.15) is 5.75 Å². The normalized spacial score (nSPS) is 18.0. The smallest absolute Gasteiger partial charge is 0.232 e. The molecule has 106 valence electrons. The van der Waals surface area contributed by atoms with Crippen molar-refractivity contribution < 1.29 is 9.53 Å². The monoisotopic (exact) mass is 302 g/mol. The summed E-state index contributed by atoms with van der Waals surface area (Å²) in [5, 5.41) is 0. The van der Waals surface area contributed by atoms with E-state index in [1.54, 1.807) is 18.9 Å². The molecule has 0 spiro atoms. The van der Waals surface area contributed by atoms with Gasteiger partial charge >= 0.3 is 0 Å². The van der Waals surface area contributed by atoms with E-state index in [-0.39, 0.29) is 24.4 Å².